The Morgan fingerprint density at radius 1 is 1.33 bits per heavy atom. The molecule has 1 rings (SSSR count). The molecule has 0 atom stereocenters. The van der Waals surface area contributed by atoms with Crippen LogP contribution in [-0.4, -0.2) is 6.61 Å². The maximum atomic E-state index is 5.54. The summed E-state index contributed by atoms with van der Waals surface area (Å²) in [6.07, 6.45) is 0. The van der Waals surface area contributed by atoms with Gasteiger partial charge in [-0.05, 0) is 36.1 Å². The Morgan fingerprint density at radius 3 is 2.40 bits per heavy atom. The van der Waals surface area contributed by atoms with E-state index in [1.54, 1.807) is 5.54 Å². The van der Waals surface area contributed by atoms with E-state index in [1.807, 2.05) is 19.1 Å². The molecule has 15 heavy (non-hydrogen) atoms. The second kappa shape index (κ2) is 5.82. The van der Waals surface area contributed by atoms with E-state index >= 15 is 0 Å². The van der Waals surface area contributed by atoms with E-state index in [4.69, 9.17) is 16.3 Å². The van der Waals surface area contributed by atoms with Crippen molar-refractivity contribution in [3.8, 4) is 5.75 Å². The molecule has 0 aliphatic rings. The standard InChI is InChI=1S/C13H17ClO/c1-10(2)12-4-6-13(7-5-12)15-9-11(3)8-14/h4-8,10H,9H2,1-3H3/b11-8+. The van der Waals surface area contributed by atoms with Crippen LogP contribution in [0.1, 0.15) is 32.3 Å². The van der Waals surface area contributed by atoms with Crippen LogP contribution in [0.3, 0.4) is 0 Å². The summed E-state index contributed by atoms with van der Waals surface area (Å²) in [5.41, 5.74) is 3.89. The second-order valence-electron chi connectivity index (χ2n) is 3.97. The van der Waals surface area contributed by atoms with Gasteiger partial charge in [0.05, 0.1) is 0 Å². The molecule has 2 heteroatoms. The molecular formula is C13H17ClO. The van der Waals surface area contributed by atoms with Crippen molar-refractivity contribution in [3.63, 3.8) is 0 Å². The normalized spacial score (nSPS) is 11.9. The number of hydrogen-bond acceptors (Lipinski definition) is 1. The fourth-order valence-electron chi connectivity index (χ4n) is 1.18. The van der Waals surface area contributed by atoms with Crippen molar-refractivity contribution in [2.75, 3.05) is 6.61 Å². The fourth-order valence-corrected chi connectivity index (χ4v) is 1.24. The first kappa shape index (κ1) is 12.1. The van der Waals surface area contributed by atoms with Crippen molar-refractivity contribution >= 4 is 11.6 Å². The molecule has 0 spiro atoms. The number of hydrogen-bond donors (Lipinski definition) is 0. The van der Waals surface area contributed by atoms with Crippen LogP contribution >= 0.6 is 11.6 Å². The first-order chi connectivity index (χ1) is 7.13. The lowest BCUT2D eigenvalue weighted by Gasteiger charge is -2.08. The zero-order valence-electron chi connectivity index (χ0n) is 9.46. The molecule has 0 N–H and O–H groups in total. The van der Waals surface area contributed by atoms with Gasteiger partial charge >= 0.3 is 0 Å². The third-order valence-corrected chi connectivity index (χ3v) is 2.57. The Labute approximate surface area is 96.7 Å². The van der Waals surface area contributed by atoms with E-state index in [9.17, 15) is 0 Å². The van der Waals surface area contributed by atoms with Gasteiger partial charge in [-0.3, -0.25) is 0 Å². The topological polar surface area (TPSA) is 9.23 Å². The first-order valence-corrected chi connectivity index (χ1v) is 5.55. The van der Waals surface area contributed by atoms with Gasteiger partial charge in [0, 0.05) is 5.54 Å². The number of ether oxygens (including phenoxy) is 1. The lowest BCUT2D eigenvalue weighted by molar-refractivity contribution is 0.352. The van der Waals surface area contributed by atoms with Crippen LogP contribution in [0.5, 0.6) is 5.75 Å². The van der Waals surface area contributed by atoms with Gasteiger partial charge in [-0.2, -0.15) is 0 Å². The molecular weight excluding hydrogens is 208 g/mol. The molecule has 0 unspecified atom stereocenters. The van der Waals surface area contributed by atoms with Crippen LogP contribution in [0.15, 0.2) is 35.4 Å². The number of benzene rings is 1. The molecule has 1 aromatic carbocycles. The Morgan fingerprint density at radius 2 is 1.93 bits per heavy atom. The van der Waals surface area contributed by atoms with Gasteiger partial charge in [0.15, 0.2) is 0 Å². The van der Waals surface area contributed by atoms with Crippen LogP contribution < -0.4 is 4.74 Å². The van der Waals surface area contributed by atoms with E-state index in [0.29, 0.717) is 12.5 Å². The molecule has 82 valence electrons. The zero-order chi connectivity index (χ0) is 11.3. The molecule has 0 saturated heterocycles. The summed E-state index contributed by atoms with van der Waals surface area (Å²) in [7, 11) is 0. The lowest BCUT2D eigenvalue weighted by atomic mass is 10.0. The van der Waals surface area contributed by atoms with E-state index in [2.05, 4.69) is 26.0 Å². The van der Waals surface area contributed by atoms with Gasteiger partial charge in [0.2, 0.25) is 0 Å². The Kier molecular flexibility index (Phi) is 4.70. The smallest absolute Gasteiger partial charge is 0.119 e. The first-order valence-electron chi connectivity index (χ1n) is 5.12. The molecule has 0 aliphatic heterocycles. The second-order valence-corrected chi connectivity index (χ2v) is 4.19. The third-order valence-electron chi connectivity index (χ3n) is 2.20. The van der Waals surface area contributed by atoms with Crippen molar-refractivity contribution in [2.24, 2.45) is 0 Å². The summed E-state index contributed by atoms with van der Waals surface area (Å²) in [6, 6.07) is 8.19. The minimum absolute atomic E-state index is 0.546. The summed E-state index contributed by atoms with van der Waals surface area (Å²) in [6.45, 7) is 6.84. The minimum atomic E-state index is 0.546. The monoisotopic (exact) mass is 224 g/mol. The largest absolute Gasteiger partial charge is 0.489 e. The molecule has 0 bridgehead atoms. The van der Waals surface area contributed by atoms with Gasteiger partial charge in [0.25, 0.3) is 0 Å². The molecule has 0 aromatic heterocycles. The van der Waals surface area contributed by atoms with Gasteiger partial charge in [-0.25, -0.2) is 0 Å². The molecule has 0 fully saturated rings. The van der Waals surface area contributed by atoms with Crippen molar-refractivity contribution < 1.29 is 4.74 Å². The highest BCUT2D eigenvalue weighted by atomic mass is 35.5. The van der Waals surface area contributed by atoms with Crippen molar-refractivity contribution in [3.05, 3.63) is 40.9 Å². The fraction of sp³-hybridized carbons (Fsp3) is 0.385. The van der Waals surface area contributed by atoms with Crippen LogP contribution in [0.2, 0.25) is 0 Å². The quantitative estimate of drug-likeness (QED) is 0.740. The molecule has 0 heterocycles. The van der Waals surface area contributed by atoms with Crippen LogP contribution in [-0.2, 0) is 0 Å². The summed E-state index contributed by atoms with van der Waals surface area (Å²) in [4.78, 5) is 0. The molecule has 0 saturated carbocycles. The van der Waals surface area contributed by atoms with E-state index in [0.717, 1.165) is 11.3 Å². The van der Waals surface area contributed by atoms with Crippen LogP contribution in [0.4, 0.5) is 0 Å². The number of rotatable bonds is 4. The molecule has 1 aromatic rings. The number of halogens is 1. The maximum absolute atomic E-state index is 5.54. The third kappa shape index (κ3) is 3.96. The zero-order valence-corrected chi connectivity index (χ0v) is 10.2. The summed E-state index contributed by atoms with van der Waals surface area (Å²) >= 11 is 5.54. The van der Waals surface area contributed by atoms with Crippen LogP contribution in [0, 0.1) is 0 Å². The van der Waals surface area contributed by atoms with Crippen molar-refractivity contribution in [2.45, 2.75) is 26.7 Å². The molecule has 0 aliphatic carbocycles. The average Bonchev–Trinajstić information content (AvgIpc) is 2.26. The van der Waals surface area contributed by atoms with E-state index in [-0.39, 0.29) is 0 Å². The predicted octanol–water partition coefficient (Wildman–Crippen LogP) is 4.33. The SMILES string of the molecule is C/C(=C\Cl)COc1ccc(C(C)C)cc1. The van der Waals surface area contributed by atoms with Gasteiger partial charge in [-0.1, -0.05) is 37.6 Å². The van der Waals surface area contributed by atoms with Gasteiger partial charge < -0.3 is 4.74 Å². The van der Waals surface area contributed by atoms with E-state index < -0.39 is 0 Å². The Bertz CT molecular complexity index is 325. The minimum Gasteiger partial charge on any atom is -0.489 e. The highest BCUT2D eigenvalue weighted by Gasteiger charge is 1.99. The van der Waals surface area contributed by atoms with Crippen molar-refractivity contribution in [1.82, 2.24) is 0 Å². The predicted molar refractivity (Wildman–Crippen MR) is 65.6 cm³/mol. The molecule has 0 radical (unpaired) electrons. The lowest BCUT2D eigenvalue weighted by Crippen LogP contribution is -1.98. The maximum Gasteiger partial charge on any atom is 0.119 e. The Balaban J connectivity index is 2.57. The average molecular weight is 225 g/mol. The summed E-state index contributed by atoms with van der Waals surface area (Å²) in [5.74, 6) is 1.45. The highest BCUT2D eigenvalue weighted by molar-refractivity contribution is 6.25. The van der Waals surface area contributed by atoms with Gasteiger partial charge in [0.1, 0.15) is 12.4 Å². The van der Waals surface area contributed by atoms with Crippen molar-refractivity contribution in [1.29, 1.82) is 0 Å². The molecule has 0 amide bonds. The summed E-state index contributed by atoms with van der Waals surface area (Å²) in [5, 5.41) is 0. The van der Waals surface area contributed by atoms with E-state index in [1.165, 1.54) is 5.56 Å². The van der Waals surface area contributed by atoms with Crippen LogP contribution in [0.25, 0.3) is 0 Å². The summed E-state index contributed by atoms with van der Waals surface area (Å²) < 4.78 is 5.54. The Hall–Kier alpha value is -0.950. The van der Waals surface area contributed by atoms with Gasteiger partial charge in [-0.15, -0.1) is 0 Å². The highest BCUT2D eigenvalue weighted by Crippen LogP contribution is 2.18. The molecule has 1 nitrogen and oxygen atoms in total.